The first-order chi connectivity index (χ1) is 12.2. The second-order valence-corrected chi connectivity index (χ2v) is 6.76. The first-order valence-corrected chi connectivity index (χ1v) is 9.72. The number of halogens is 2. The minimum atomic E-state index is -0.797. The maximum absolute atomic E-state index is 13.4. The summed E-state index contributed by atoms with van der Waals surface area (Å²) < 4.78 is 26.4. The van der Waals surface area contributed by atoms with Crippen molar-refractivity contribution in [1.82, 2.24) is 0 Å². The van der Waals surface area contributed by atoms with Gasteiger partial charge in [-0.1, -0.05) is 63.9 Å². The van der Waals surface area contributed by atoms with Crippen molar-refractivity contribution in [2.75, 3.05) is 0 Å². The van der Waals surface area contributed by atoms with Crippen LogP contribution in [-0.2, 0) is 0 Å². The van der Waals surface area contributed by atoms with E-state index in [4.69, 9.17) is 0 Å². The first-order valence-electron chi connectivity index (χ1n) is 9.72. The van der Waals surface area contributed by atoms with Crippen LogP contribution in [0.3, 0.4) is 0 Å². The molecule has 0 bridgehead atoms. The lowest BCUT2D eigenvalue weighted by atomic mass is 9.77. The SMILES string of the molecule is CC.CCCC1CCC(c2ccc(-c3ccc(F)c(F)c3)cc2)CC1. The summed E-state index contributed by atoms with van der Waals surface area (Å²) in [6.45, 7) is 6.27. The lowest BCUT2D eigenvalue weighted by Gasteiger charge is -2.28. The van der Waals surface area contributed by atoms with E-state index >= 15 is 0 Å². The summed E-state index contributed by atoms with van der Waals surface area (Å²) >= 11 is 0. The van der Waals surface area contributed by atoms with E-state index in [2.05, 4.69) is 19.1 Å². The molecule has 3 rings (SSSR count). The van der Waals surface area contributed by atoms with Gasteiger partial charge in [-0.3, -0.25) is 0 Å². The summed E-state index contributed by atoms with van der Waals surface area (Å²) in [5.41, 5.74) is 3.04. The van der Waals surface area contributed by atoms with E-state index in [1.54, 1.807) is 6.07 Å². The van der Waals surface area contributed by atoms with Crippen LogP contribution in [-0.4, -0.2) is 0 Å². The molecule has 0 N–H and O–H groups in total. The summed E-state index contributed by atoms with van der Waals surface area (Å²) in [4.78, 5) is 0. The number of rotatable bonds is 4. The third-order valence-corrected chi connectivity index (χ3v) is 5.18. The zero-order valence-electron chi connectivity index (χ0n) is 15.7. The van der Waals surface area contributed by atoms with Crippen molar-refractivity contribution in [3.8, 4) is 11.1 Å². The van der Waals surface area contributed by atoms with Crippen LogP contribution in [0.4, 0.5) is 8.78 Å². The van der Waals surface area contributed by atoms with E-state index in [1.807, 2.05) is 26.0 Å². The fraction of sp³-hybridized carbons (Fsp3) is 0.478. The fourth-order valence-corrected chi connectivity index (χ4v) is 3.82. The van der Waals surface area contributed by atoms with Gasteiger partial charge in [-0.15, -0.1) is 0 Å². The van der Waals surface area contributed by atoms with Crippen LogP contribution in [0.1, 0.15) is 70.8 Å². The minimum Gasteiger partial charge on any atom is -0.204 e. The molecule has 0 unspecified atom stereocenters. The van der Waals surface area contributed by atoms with Gasteiger partial charge in [0.1, 0.15) is 0 Å². The highest BCUT2D eigenvalue weighted by Gasteiger charge is 2.21. The van der Waals surface area contributed by atoms with Crippen molar-refractivity contribution in [3.05, 3.63) is 59.7 Å². The van der Waals surface area contributed by atoms with Crippen LogP contribution < -0.4 is 0 Å². The monoisotopic (exact) mass is 344 g/mol. The highest BCUT2D eigenvalue weighted by Crippen LogP contribution is 2.38. The molecule has 0 saturated heterocycles. The maximum Gasteiger partial charge on any atom is 0.159 e. The van der Waals surface area contributed by atoms with Crippen molar-refractivity contribution in [2.24, 2.45) is 5.92 Å². The Hall–Kier alpha value is -1.70. The van der Waals surface area contributed by atoms with Crippen molar-refractivity contribution >= 4 is 0 Å². The van der Waals surface area contributed by atoms with E-state index < -0.39 is 11.6 Å². The lowest BCUT2D eigenvalue weighted by molar-refractivity contribution is 0.308. The first kappa shape index (κ1) is 19.6. The largest absolute Gasteiger partial charge is 0.204 e. The lowest BCUT2D eigenvalue weighted by Crippen LogP contribution is -2.13. The molecule has 2 aromatic rings. The predicted molar refractivity (Wildman–Crippen MR) is 103 cm³/mol. The average molecular weight is 344 g/mol. The molecule has 2 aromatic carbocycles. The molecule has 2 heteroatoms. The number of benzene rings is 2. The van der Waals surface area contributed by atoms with Crippen molar-refractivity contribution in [3.63, 3.8) is 0 Å². The van der Waals surface area contributed by atoms with E-state index in [1.165, 1.54) is 56.2 Å². The van der Waals surface area contributed by atoms with E-state index in [-0.39, 0.29) is 0 Å². The fourth-order valence-electron chi connectivity index (χ4n) is 3.82. The van der Waals surface area contributed by atoms with Gasteiger partial charge in [0.2, 0.25) is 0 Å². The van der Waals surface area contributed by atoms with E-state index in [0.29, 0.717) is 5.92 Å². The van der Waals surface area contributed by atoms with Crippen molar-refractivity contribution in [2.45, 2.75) is 65.2 Å². The summed E-state index contributed by atoms with van der Waals surface area (Å²) in [7, 11) is 0. The summed E-state index contributed by atoms with van der Waals surface area (Å²) in [5.74, 6) is -0.0187. The molecule has 1 aliphatic rings. The van der Waals surface area contributed by atoms with E-state index in [9.17, 15) is 8.78 Å². The molecule has 0 heterocycles. The molecule has 0 aliphatic heterocycles. The van der Waals surface area contributed by atoms with Crippen LogP contribution in [0.15, 0.2) is 42.5 Å². The summed E-state index contributed by atoms with van der Waals surface area (Å²) in [6.07, 6.45) is 7.87. The Morgan fingerprint density at radius 1 is 0.800 bits per heavy atom. The molecule has 0 atom stereocenters. The highest BCUT2D eigenvalue weighted by molar-refractivity contribution is 5.63. The molecule has 0 amide bonds. The summed E-state index contributed by atoms with van der Waals surface area (Å²) in [5, 5.41) is 0. The third kappa shape index (κ3) is 5.14. The Labute approximate surface area is 151 Å². The average Bonchev–Trinajstić information content (AvgIpc) is 2.67. The maximum atomic E-state index is 13.4. The van der Waals surface area contributed by atoms with Gasteiger partial charge in [0.05, 0.1) is 0 Å². The third-order valence-electron chi connectivity index (χ3n) is 5.18. The van der Waals surface area contributed by atoms with Crippen molar-refractivity contribution < 1.29 is 8.78 Å². The smallest absolute Gasteiger partial charge is 0.159 e. The van der Waals surface area contributed by atoms with Crippen molar-refractivity contribution in [1.29, 1.82) is 0 Å². The molecule has 0 radical (unpaired) electrons. The zero-order valence-corrected chi connectivity index (χ0v) is 15.7. The Kier molecular flexibility index (Phi) is 7.61. The Bertz CT molecular complexity index is 638. The number of hydrogen-bond acceptors (Lipinski definition) is 0. The van der Waals surface area contributed by atoms with E-state index in [0.717, 1.165) is 17.0 Å². The topological polar surface area (TPSA) is 0 Å². The van der Waals surface area contributed by atoms with Gasteiger partial charge in [0, 0.05) is 0 Å². The van der Waals surface area contributed by atoms with Gasteiger partial charge in [0.25, 0.3) is 0 Å². The van der Waals surface area contributed by atoms with Crippen LogP contribution >= 0.6 is 0 Å². The second-order valence-electron chi connectivity index (χ2n) is 6.76. The van der Waals surface area contributed by atoms with Crippen LogP contribution in [0.5, 0.6) is 0 Å². The molecular formula is C23H30F2. The molecule has 0 spiro atoms. The molecule has 1 aliphatic carbocycles. The Morgan fingerprint density at radius 3 is 1.96 bits per heavy atom. The van der Waals surface area contributed by atoms with Crippen LogP contribution in [0.25, 0.3) is 11.1 Å². The van der Waals surface area contributed by atoms with Gasteiger partial charge in [-0.05, 0) is 66.3 Å². The Balaban J connectivity index is 0.00000109. The molecule has 0 aromatic heterocycles. The minimum absolute atomic E-state index is 0.655. The molecule has 1 fully saturated rings. The van der Waals surface area contributed by atoms with Gasteiger partial charge in [0.15, 0.2) is 11.6 Å². The van der Waals surface area contributed by atoms with Gasteiger partial charge in [-0.25, -0.2) is 8.78 Å². The standard InChI is InChI=1S/C21H24F2.C2H6/c1-2-3-15-4-6-16(7-5-15)17-8-10-18(11-9-17)19-12-13-20(22)21(23)14-19;1-2/h8-16H,2-7H2,1H3;1-2H3. The normalized spacial score (nSPS) is 19.9. The highest BCUT2D eigenvalue weighted by atomic mass is 19.2. The predicted octanol–water partition coefficient (Wildman–Crippen LogP) is 7.73. The van der Waals surface area contributed by atoms with Gasteiger partial charge < -0.3 is 0 Å². The van der Waals surface area contributed by atoms with Crippen LogP contribution in [0, 0.1) is 17.6 Å². The molecule has 1 saturated carbocycles. The number of hydrogen-bond donors (Lipinski definition) is 0. The Morgan fingerprint density at radius 2 is 1.40 bits per heavy atom. The van der Waals surface area contributed by atoms with Gasteiger partial charge in [-0.2, -0.15) is 0 Å². The molecule has 136 valence electrons. The molecular weight excluding hydrogens is 314 g/mol. The quantitative estimate of drug-likeness (QED) is 0.532. The van der Waals surface area contributed by atoms with Crippen LogP contribution in [0.2, 0.25) is 0 Å². The second kappa shape index (κ2) is 9.70. The zero-order chi connectivity index (χ0) is 18.2. The molecule has 0 nitrogen and oxygen atoms in total. The molecule has 25 heavy (non-hydrogen) atoms. The summed E-state index contributed by atoms with van der Waals surface area (Å²) in [6, 6.07) is 12.4. The van der Waals surface area contributed by atoms with Gasteiger partial charge >= 0.3 is 0 Å².